The van der Waals surface area contributed by atoms with Gasteiger partial charge in [-0.25, -0.2) is 0 Å². The molecule has 0 unspecified atom stereocenters. The van der Waals surface area contributed by atoms with Gasteiger partial charge in [-0.1, -0.05) is 37.8 Å². The lowest BCUT2D eigenvalue weighted by atomic mass is 9.81. The van der Waals surface area contributed by atoms with Crippen LogP contribution >= 0.6 is 0 Å². The molecule has 14 nitrogen and oxygen atoms in total. The van der Waals surface area contributed by atoms with Crippen molar-refractivity contribution >= 4 is 15.9 Å². The van der Waals surface area contributed by atoms with Crippen LogP contribution < -0.4 is 0 Å². The van der Waals surface area contributed by atoms with Gasteiger partial charge in [-0.15, -0.1) is 0 Å². The Hall–Kier alpha value is -2.12. The summed E-state index contributed by atoms with van der Waals surface area (Å²) in [6.45, 7) is 12.5. The molecule has 10 heterocycles. The number of hydrogen-bond donors (Lipinski definition) is 1. The summed E-state index contributed by atoms with van der Waals surface area (Å²) in [5, 5.41) is 11.2. The van der Waals surface area contributed by atoms with Crippen LogP contribution in [-0.4, -0.2) is 136 Å². The van der Waals surface area contributed by atoms with E-state index < -0.39 is 53.0 Å². The number of aliphatic hydroxyl groups is 1. The van der Waals surface area contributed by atoms with Gasteiger partial charge in [-0.2, -0.15) is 8.42 Å². The molecule has 11 rings (SSSR count). The molecule has 342 valence electrons. The summed E-state index contributed by atoms with van der Waals surface area (Å²) in [5.74, 6) is -0.984. The summed E-state index contributed by atoms with van der Waals surface area (Å²) in [7, 11) is -2.52. The zero-order valence-corrected chi connectivity index (χ0v) is 37.0. The smallest absolute Gasteiger partial charge is 0.297 e. The van der Waals surface area contributed by atoms with Gasteiger partial charge in [0, 0.05) is 51.6 Å². The molecule has 1 spiro atoms. The fourth-order valence-electron chi connectivity index (χ4n) is 12.2. The largest absolute Gasteiger partial charge is 0.391 e. The van der Waals surface area contributed by atoms with Crippen molar-refractivity contribution in [2.24, 2.45) is 11.8 Å². The molecule has 0 radical (unpaired) electrons. The monoisotopic (exact) mass is 884 g/mol. The van der Waals surface area contributed by atoms with Crippen molar-refractivity contribution in [3.8, 4) is 0 Å². The molecule has 1 aromatic rings. The highest BCUT2D eigenvalue weighted by Gasteiger charge is 2.68. The summed E-state index contributed by atoms with van der Waals surface area (Å²) in [5.41, 5.74) is 3.01. The number of aliphatic hydroxyl groups excluding tert-OH is 1. The molecule has 1 aromatic carbocycles. The summed E-state index contributed by atoms with van der Waals surface area (Å²) in [6, 6.07) is 6.35. The third-order valence-electron chi connectivity index (χ3n) is 15.4. The van der Waals surface area contributed by atoms with Crippen molar-refractivity contribution in [2.75, 3.05) is 13.7 Å². The minimum absolute atomic E-state index is 0.00868. The summed E-state index contributed by atoms with van der Waals surface area (Å²) in [6.07, 6.45) is 2.06. The molecule has 10 saturated heterocycles. The molecule has 10 aliphatic rings. The summed E-state index contributed by atoms with van der Waals surface area (Å²) < 4.78 is 91.6. The van der Waals surface area contributed by atoms with Crippen molar-refractivity contribution in [1.29, 1.82) is 0 Å². The number of ether oxygens (including phenoxy) is 9. The van der Waals surface area contributed by atoms with Gasteiger partial charge in [-0.3, -0.25) is 8.98 Å². The Kier molecular flexibility index (Phi) is 12.2. The van der Waals surface area contributed by atoms with Crippen LogP contribution in [0.3, 0.4) is 0 Å². The first kappa shape index (κ1) is 43.8. The molecule has 0 saturated carbocycles. The van der Waals surface area contributed by atoms with Gasteiger partial charge < -0.3 is 47.7 Å². The van der Waals surface area contributed by atoms with Crippen LogP contribution in [-0.2, 0) is 61.7 Å². The Labute approximate surface area is 365 Å². The van der Waals surface area contributed by atoms with E-state index in [1.807, 2.05) is 6.92 Å². The Bertz CT molecular complexity index is 1960. The van der Waals surface area contributed by atoms with Gasteiger partial charge in [0.1, 0.15) is 36.3 Å². The first-order chi connectivity index (χ1) is 29.7. The number of benzene rings is 1. The van der Waals surface area contributed by atoms with Crippen LogP contribution in [0, 0.1) is 18.8 Å². The third-order valence-corrected chi connectivity index (χ3v) is 16.7. The van der Waals surface area contributed by atoms with Crippen molar-refractivity contribution in [3.63, 3.8) is 0 Å². The summed E-state index contributed by atoms with van der Waals surface area (Å²) in [4.78, 5) is 14.3. The number of fused-ring (bicyclic) bond motifs is 6. The van der Waals surface area contributed by atoms with E-state index in [0.717, 1.165) is 55.2 Å². The number of ketones is 1. The summed E-state index contributed by atoms with van der Waals surface area (Å²) >= 11 is 0. The number of methoxy groups -OCH3 is 1. The molecule has 10 fully saturated rings. The Balaban J connectivity index is 0.891. The van der Waals surface area contributed by atoms with Crippen molar-refractivity contribution in [2.45, 2.75) is 206 Å². The maximum atomic E-state index is 14.3. The predicted molar refractivity (Wildman–Crippen MR) is 222 cm³/mol. The number of carbonyl (C=O) groups is 1. The quantitative estimate of drug-likeness (QED) is 0.281. The second-order valence-electron chi connectivity index (χ2n) is 19.7. The second kappa shape index (κ2) is 17.3. The highest BCUT2D eigenvalue weighted by molar-refractivity contribution is 7.86. The molecular weight excluding hydrogens is 821 g/mol. The lowest BCUT2D eigenvalue weighted by Gasteiger charge is -2.47. The fourth-order valence-corrected chi connectivity index (χ4v) is 13.1. The van der Waals surface area contributed by atoms with Crippen LogP contribution in [0.2, 0.25) is 0 Å². The van der Waals surface area contributed by atoms with Crippen LogP contribution in [0.15, 0.2) is 53.5 Å². The number of Topliss-reactive ketones (excluding diaryl/α,β-unsaturated/α-hetero) is 1. The number of hydrogen-bond acceptors (Lipinski definition) is 14. The molecule has 12 bridgehead atoms. The topological polar surface area (TPSA) is 164 Å². The lowest BCUT2D eigenvalue weighted by Crippen LogP contribution is -2.61. The minimum atomic E-state index is -4.10. The highest BCUT2D eigenvalue weighted by Crippen LogP contribution is 2.54. The SMILES string of the molecule is C=C1C[C@@H]2CC[C@@]34C[C@H]5O[C@H]6[C@@H](O3)[C@H]3O[C@H](CC[C@@H]3O[C@H]6[C@H]5O4)CC(=O)C[C@@H]3[C@@H](OC)[C@@H](C[C@H](O)COS(=O)(=O)c4ccc(C)cc4)O[C@H]3C[C@H]3O[C@@H](CC[C@@H]1O2)C[C@@H](C)C3=C. The Morgan fingerprint density at radius 1 is 0.790 bits per heavy atom. The maximum Gasteiger partial charge on any atom is 0.297 e. The van der Waals surface area contributed by atoms with E-state index in [1.165, 1.54) is 12.1 Å². The van der Waals surface area contributed by atoms with E-state index in [9.17, 15) is 18.3 Å². The molecule has 15 heteroatoms. The zero-order valence-electron chi connectivity index (χ0n) is 36.2. The molecule has 19 atom stereocenters. The average molecular weight is 885 g/mol. The molecule has 0 aliphatic carbocycles. The van der Waals surface area contributed by atoms with E-state index in [1.54, 1.807) is 19.2 Å². The van der Waals surface area contributed by atoms with Gasteiger partial charge in [-0.05, 0) is 81.1 Å². The first-order valence-electron chi connectivity index (χ1n) is 23.1. The van der Waals surface area contributed by atoms with Crippen LogP contribution in [0.5, 0.6) is 0 Å². The predicted octanol–water partition coefficient (Wildman–Crippen LogP) is 5.19. The standard InChI is InChI=1S/C47H64O14S/c1-24-6-10-33(11-7-24)62(50,51)53-23-29(49)20-39-41(52-5)34-19-28(48)18-31-9-13-36-42(56-31)46-45-44(58-36)43-40(59-45)22-47(60-43,61-46)15-14-32-17-26(3)35(54-32)12-8-30-16-25(2)27(4)37(55-30)21-38(34)57-39/h6-7,10-11,25,29-32,34-46,49H,3-4,8-9,12-23H2,1-2,5H3/t25-,29+,30+,31-,32+,34+,35+,36+,37-,38+,39-,40-,41-,42+,43+,44+,45-,46+,47+/m1/s1. The van der Waals surface area contributed by atoms with Gasteiger partial charge >= 0.3 is 0 Å². The lowest BCUT2D eigenvalue weighted by molar-refractivity contribution is -0.292. The molecule has 62 heavy (non-hydrogen) atoms. The fraction of sp³-hybridized carbons (Fsp3) is 0.766. The van der Waals surface area contributed by atoms with E-state index in [-0.39, 0.29) is 109 Å². The maximum absolute atomic E-state index is 14.3. The van der Waals surface area contributed by atoms with E-state index in [4.69, 9.17) is 46.8 Å². The van der Waals surface area contributed by atoms with Gasteiger partial charge in [0.25, 0.3) is 10.1 Å². The highest BCUT2D eigenvalue weighted by atomic mass is 32.2. The molecule has 0 amide bonds. The Morgan fingerprint density at radius 3 is 2.32 bits per heavy atom. The normalized spacial score (nSPS) is 46.1. The number of aryl methyl sites for hydroxylation is 1. The van der Waals surface area contributed by atoms with Crippen LogP contribution in [0.25, 0.3) is 0 Å². The van der Waals surface area contributed by atoms with E-state index in [0.29, 0.717) is 25.7 Å². The third kappa shape index (κ3) is 8.45. The van der Waals surface area contributed by atoms with Gasteiger partial charge in [0.05, 0.1) is 78.6 Å². The molecular formula is C47H64O14S. The van der Waals surface area contributed by atoms with Crippen molar-refractivity contribution in [3.05, 3.63) is 54.1 Å². The molecule has 0 aromatic heterocycles. The molecule has 10 aliphatic heterocycles. The Morgan fingerprint density at radius 2 is 1.52 bits per heavy atom. The van der Waals surface area contributed by atoms with Gasteiger partial charge in [0.15, 0.2) is 5.79 Å². The van der Waals surface area contributed by atoms with E-state index in [2.05, 4.69) is 20.1 Å². The van der Waals surface area contributed by atoms with Crippen LogP contribution in [0.4, 0.5) is 0 Å². The number of rotatable bonds is 7. The van der Waals surface area contributed by atoms with Crippen molar-refractivity contribution < 1.29 is 65.1 Å². The first-order valence-corrected chi connectivity index (χ1v) is 24.5. The average Bonchev–Trinajstić information content (AvgIpc) is 3.92. The minimum Gasteiger partial charge on any atom is -0.391 e. The van der Waals surface area contributed by atoms with Crippen molar-refractivity contribution in [1.82, 2.24) is 0 Å². The number of carbonyl (C=O) groups excluding carboxylic acids is 1. The van der Waals surface area contributed by atoms with Crippen LogP contribution in [0.1, 0.15) is 96.0 Å². The van der Waals surface area contributed by atoms with E-state index >= 15 is 0 Å². The second-order valence-corrected chi connectivity index (χ2v) is 21.4. The molecule has 1 N–H and O–H groups in total. The van der Waals surface area contributed by atoms with Gasteiger partial charge in [0.2, 0.25) is 0 Å². The zero-order chi connectivity index (χ0) is 43.1.